The van der Waals surface area contributed by atoms with E-state index in [1.807, 2.05) is 24.3 Å². The van der Waals surface area contributed by atoms with Crippen LogP contribution in [-0.2, 0) is 21.4 Å². The number of anilines is 3. The van der Waals surface area contributed by atoms with Gasteiger partial charge in [0.15, 0.2) is 11.3 Å². The molecule has 5 saturated heterocycles. The second kappa shape index (κ2) is 16.4. The van der Waals surface area contributed by atoms with Crippen LogP contribution in [0.15, 0.2) is 47.7 Å². The molecule has 11 rings (SSSR count). The highest BCUT2D eigenvalue weighted by Gasteiger charge is 2.40. The van der Waals surface area contributed by atoms with Gasteiger partial charge in [-0.25, -0.2) is 23.1 Å². The first-order valence-electron chi connectivity index (χ1n) is 22.7. The van der Waals surface area contributed by atoms with Gasteiger partial charge in [-0.2, -0.15) is 10.2 Å². The number of imidazole rings is 1. The van der Waals surface area contributed by atoms with Crippen LogP contribution >= 0.6 is 0 Å². The number of para-hydroxylation sites is 1. The number of alkyl halides is 2. The Hall–Kier alpha value is -5.73. The average Bonchev–Trinajstić information content (AvgIpc) is 4.13. The predicted octanol–water partition coefficient (Wildman–Crippen LogP) is 3.21. The molecule has 2 bridgehead atoms. The van der Waals surface area contributed by atoms with E-state index in [0.29, 0.717) is 36.0 Å². The summed E-state index contributed by atoms with van der Waals surface area (Å²) in [5.41, 5.74) is 2.37. The van der Waals surface area contributed by atoms with Crippen molar-refractivity contribution in [1.82, 2.24) is 48.6 Å². The highest BCUT2D eigenvalue weighted by molar-refractivity contribution is 6.08. The second-order valence-corrected chi connectivity index (χ2v) is 18.6. The Kier molecular flexibility index (Phi) is 10.5. The maximum atomic E-state index is 14.3. The summed E-state index contributed by atoms with van der Waals surface area (Å²) < 4.78 is 40.7. The minimum absolute atomic E-state index is 0.00477. The normalized spacial score (nSPS) is 25.8. The van der Waals surface area contributed by atoms with Gasteiger partial charge in [-0.1, -0.05) is 6.07 Å². The number of nitrogens with zero attached hydrogens (tertiary/aromatic N) is 11. The molecular weight excluding hydrogens is 829 g/mol. The zero-order valence-corrected chi connectivity index (χ0v) is 35.8. The smallest absolute Gasteiger partial charge is 0.329 e. The maximum absolute atomic E-state index is 14.3. The Morgan fingerprint density at radius 2 is 1.72 bits per heavy atom. The molecule has 5 aliphatic heterocycles. The molecule has 1 saturated carbocycles. The number of halogens is 2. The third-order valence-electron chi connectivity index (χ3n) is 14.6. The molecule has 6 fully saturated rings. The molecule has 1 aromatic carbocycles. The van der Waals surface area contributed by atoms with E-state index in [1.165, 1.54) is 10.7 Å². The number of amides is 3. The van der Waals surface area contributed by atoms with E-state index in [4.69, 9.17) is 9.72 Å². The quantitative estimate of drug-likeness (QED) is 0.186. The van der Waals surface area contributed by atoms with Crippen LogP contribution in [0, 0.1) is 11.8 Å². The number of benzene rings is 1. The van der Waals surface area contributed by atoms with Gasteiger partial charge in [-0.3, -0.25) is 33.5 Å². The van der Waals surface area contributed by atoms with Crippen molar-refractivity contribution in [2.24, 2.45) is 18.9 Å². The summed E-state index contributed by atoms with van der Waals surface area (Å²) in [6, 6.07) is 7.23. The van der Waals surface area contributed by atoms with Gasteiger partial charge >= 0.3 is 5.69 Å². The molecule has 1 unspecified atom stereocenters. The van der Waals surface area contributed by atoms with Crippen LogP contribution in [0.1, 0.15) is 79.5 Å². The number of piperidine rings is 1. The molecule has 18 nitrogen and oxygen atoms in total. The molecular formula is C44H53F2N13O5. The van der Waals surface area contributed by atoms with Crippen molar-refractivity contribution < 1.29 is 27.9 Å². The van der Waals surface area contributed by atoms with Crippen LogP contribution in [0.3, 0.4) is 0 Å². The van der Waals surface area contributed by atoms with Gasteiger partial charge < -0.3 is 29.7 Å². The van der Waals surface area contributed by atoms with Crippen molar-refractivity contribution in [2.75, 3.05) is 80.6 Å². The summed E-state index contributed by atoms with van der Waals surface area (Å²) in [7, 11) is 1.74. The highest BCUT2D eigenvalue weighted by Crippen LogP contribution is 2.37. The van der Waals surface area contributed by atoms with Crippen molar-refractivity contribution in [3.05, 3.63) is 64.6 Å². The van der Waals surface area contributed by atoms with Crippen LogP contribution in [0.25, 0.3) is 16.7 Å². The lowest BCUT2D eigenvalue weighted by atomic mass is 9.85. The first-order chi connectivity index (χ1) is 31.0. The molecule has 3 atom stereocenters. The number of carbonyl (C=O) groups excluding carboxylic acids is 3. The van der Waals surface area contributed by atoms with Crippen molar-refractivity contribution >= 4 is 51.6 Å². The van der Waals surface area contributed by atoms with Crippen molar-refractivity contribution in [2.45, 2.75) is 75.6 Å². The lowest BCUT2D eigenvalue weighted by molar-refractivity contribution is -0.135. The maximum Gasteiger partial charge on any atom is 0.329 e. The minimum Gasteiger partial charge on any atom is -0.374 e. The van der Waals surface area contributed by atoms with Crippen LogP contribution in [-0.4, -0.2) is 139 Å². The van der Waals surface area contributed by atoms with E-state index in [0.717, 1.165) is 108 Å². The summed E-state index contributed by atoms with van der Waals surface area (Å²) in [6.07, 6.45) is 7.13. The molecule has 338 valence electrons. The molecule has 0 radical (unpaired) electrons. The fraction of sp³-hybridized carbons (Fsp3) is 0.568. The summed E-state index contributed by atoms with van der Waals surface area (Å²) in [5, 5.41) is 13.7. The molecule has 0 spiro atoms. The standard InChI is InChI=1S/C44H53F2N13O5/c1-52-39-33(3-2-4-34(39)59(44(52)63)35-9-10-37(60)50-43(35)62)55-21-27(22-55)20-54-15-13-53(14-16-54)19-26-5-7-28(8-6-26)58-24-32(38(51-58)40(45)46)48-42(61)31-18-47-57-12-11-36(49-41(31)57)56-23-30-17-29(56)25-64-30/h2-4,11-12,18,24,26-30,35,40H,5-10,13-17,19-23,25H2,1H3,(H,48,61)(H,50,60,62)/t26?,28?,29-,30-,35?/m1/s1. The monoisotopic (exact) mass is 881 g/mol. The zero-order valence-electron chi connectivity index (χ0n) is 35.8. The first-order valence-corrected chi connectivity index (χ1v) is 22.7. The molecule has 1 aliphatic carbocycles. The number of imide groups is 1. The predicted molar refractivity (Wildman–Crippen MR) is 232 cm³/mol. The van der Waals surface area contributed by atoms with E-state index < -0.39 is 30.0 Å². The molecule has 5 aromatic rings. The summed E-state index contributed by atoms with van der Waals surface area (Å²) >= 11 is 0. The van der Waals surface area contributed by atoms with Gasteiger partial charge in [0.1, 0.15) is 17.4 Å². The van der Waals surface area contributed by atoms with Gasteiger partial charge in [0.05, 0.1) is 53.4 Å². The second-order valence-electron chi connectivity index (χ2n) is 18.6. The number of hydrogen-bond acceptors (Lipinski definition) is 12. The highest BCUT2D eigenvalue weighted by atomic mass is 19.3. The Bertz CT molecular complexity index is 2670. The van der Waals surface area contributed by atoms with E-state index in [9.17, 15) is 28.0 Å². The van der Waals surface area contributed by atoms with Gasteiger partial charge in [0.25, 0.3) is 12.3 Å². The lowest BCUT2D eigenvalue weighted by Gasteiger charge is -2.45. The molecule has 6 aliphatic rings. The fourth-order valence-corrected chi connectivity index (χ4v) is 11.2. The zero-order chi connectivity index (χ0) is 43.8. The molecule has 4 aromatic heterocycles. The number of nitrogens with one attached hydrogen (secondary N) is 2. The van der Waals surface area contributed by atoms with Gasteiger partial charge in [0, 0.05) is 90.7 Å². The number of fused-ring (bicyclic) bond motifs is 4. The number of aromatic nitrogens is 7. The van der Waals surface area contributed by atoms with Crippen molar-refractivity contribution in [3.8, 4) is 0 Å². The van der Waals surface area contributed by atoms with Crippen LogP contribution < -0.4 is 26.1 Å². The topological polar surface area (TPSA) is 172 Å². The Morgan fingerprint density at radius 1 is 0.953 bits per heavy atom. The number of morpholine rings is 1. The number of carbonyl (C=O) groups is 3. The molecule has 9 heterocycles. The number of hydrogen-bond donors (Lipinski definition) is 2. The first kappa shape index (κ1) is 41.0. The largest absolute Gasteiger partial charge is 0.374 e. The van der Waals surface area contributed by atoms with Crippen LogP contribution in [0.5, 0.6) is 0 Å². The summed E-state index contributed by atoms with van der Waals surface area (Å²) in [5.74, 6) is 0.467. The fourth-order valence-electron chi connectivity index (χ4n) is 11.2. The number of aryl methyl sites for hydroxylation is 1. The minimum atomic E-state index is -2.85. The molecule has 2 N–H and O–H groups in total. The number of piperazine rings is 1. The Morgan fingerprint density at radius 3 is 2.42 bits per heavy atom. The van der Waals surface area contributed by atoms with Crippen molar-refractivity contribution in [1.29, 1.82) is 0 Å². The van der Waals surface area contributed by atoms with E-state index >= 15 is 0 Å². The summed E-state index contributed by atoms with van der Waals surface area (Å²) in [4.78, 5) is 65.8. The van der Waals surface area contributed by atoms with Gasteiger partial charge in [-0.15, -0.1) is 0 Å². The third kappa shape index (κ3) is 7.41. The van der Waals surface area contributed by atoms with E-state index in [1.54, 1.807) is 33.3 Å². The van der Waals surface area contributed by atoms with E-state index in [-0.39, 0.29) is 47.5 Å². The van der Waals surface area contributed by atoms with Gasteiger partial charge in [0.2, 0.25) is 11.8 Å². The van der Waals surface area contributed by atoms with Crippen LogP contribution in [0.2, 0.25) is 0 Å². The SMILES string of the molecule is Cn1c(=O)n(C2CCC(=O)NC2=O)c2cccc(N3CC(CN4CCN(CC5CCC(n6cc(NC(=O)c7cnn8ccc(N9C[C@H]%10C[C@@H]9CO%10)nc78)c(C(F)F)n6)CC5)CC4)C3)c21. The summed E-state index contributed by atoms with van der Waals surface area (Å²) in [6.45, 7) is 9.21. The molecule has 20 heteroatoms. The van der Waals surface area contributed by atoms with E-state index in [2.05, 4.69) is 40.4 Å². The Balaban J connectivity index is 0.652. The lowest BCUT2D eigenvalue weighted by Crippen LogP contribution is -2.55. The van der Waals surface area contributed by atoms with Gasteiger partial charge in [-0.05, 0) is 62.6 Å². The third-order valence-corrected chi connectivity index (χ3v) is 14.6. The number of rotatable bonds is 11. The molecule has 3 amide bonds. The molecule has 64 heavy (non-hydrogen) atoms. The van der Waals surface area contributed by atoms with Crippen LogP contribution in [0.4, 0.5) is 26.0 Å². The number of ether oxygens (including phenoxy) is 1. The van der Waals surface area contributed by atoms with Crippen molar-refractivity contribution in [3.63, 3.8) is 0 Å². The average molecular weight is 882 g/mol. The Labute approximate surface area is 367 Å².